The van der Waals surface area contributed by atoms with Gasteiger partial charge in [0.1, 0.15) is 6.33 Å². The second-order valence-corrected chi connectivity index (χ2v) is 1.59. The molecular weight excluding hydrogens is 122 g/mol. The second-order valence-electron chi connectivity index (χ2n) is 1.59. The molecule has 0 radical (unpaired) electrons. The van der Waals surface area contributed by atoms with Gasteiger partial charge in [-0.15, -0.1) is 0 Å². The minimum atomic E-state index is -0.613. The zero-order valence-corrected chi connectivity index (χ0v) is 4.79. The van der Waals surface area contributed by atoms with E-state index in [9.17, 15) is 9.59 Å². The van der Waals surface area contributed by atoms with Crippen molar-refractivity contribution in [2.45, 2.75) is 0 Å². The Hall–Kier alpha value is -1.39. The van der Waals surface area contributed by atoms with Crippen LogP contribution in [0.15, 0.2) is 15.9 Å². The number of H-pyrrole nitrogens is 1. The first-order valence-corrected chi connectivity index (χ1v) is 2.32. The summed E-state index contributed by atoms with van der Waals surface area (Å²) >= 11 is 0. The Morgan fingerprint density at radius 2 is 2.33 bits per heavy atom. The molecule has 0 aromatic carbocycles. The Morgan fingerprint density at radius 1 is 1.67 bits per heavy atom. The van der Waals surface area contributed by atoms with Crippen LogP contribution in [-0.4, -0.2) is 14.5 Å². The quantitative estimate of drug-likeness (QED) is 0.459. The number of nitrogens with zero attached hydrogens (tertiary/aromatic N) is 2. The van der Waals surface area contributed by atoms with Crippen molar-refractivity contribution in [1.29, 1.82) is 0 Å². The third-order valence-corrected chi connectivity index (χ3v) is 0.882. The van der Waals surface area contributed by atoms with Crippen LogP contribution in [0.3, 0.4) is 0 Å². The third-order valence-electron chi connectivity index (χ3n) is 0.882. The first-order valence-electron chi connectivity index (χ1n) is 2.32. The van der Waals surface area contributed by atoms with Gasteiger partial charge in [-0.3, -0.25) is 9.55 Å². The molecule has 0 saturated carbocycles. The highest BCUT2D eigenvalue weighted by atomic mass is 16.2. The summed E-state index contributed by atoms with van der Waals surface area (Å²) in [6.45, 7) is 0. The number of hydrogen-bond acceptors (Lipinski definition) is 3. The number of hydrogen-bond donors (Lipinski definition) is 1. The van der Waals surface area contributed by atoms with Gasteiger partial charge in [0, 0.05) is 7.05 Å². The van der Waals surface area contributed by atoms with Crippen LogP contribution in [0.5, 0.6) is 0 Å². The van der Waals surface area contributed by atoms with Gasteiger partial charge in [-0.25, -0.2) is 9.59 Å². The molecular formula is C4H5N3O2. The minimum Gasteiger partial charge on any atom is -0.287 e. The Kier molecular flexibility index (Phi) is 1.18. The first kappa shape index (κ1) is 5.74. The van der Waals surface area contributed by atoms with E-state index in [0.717, 1.165) is 0 Å². The number of aromatic amines is 1. The molecule has 0 aliphatic rings. The highest BCUT2D eigenvalue weighted by Crippen LogP contribution is 1.54. The average molecular weight is 127 g/mol. The lowest BCUT2D eigenvalue weighted by atomic mass is 10.9. The molecule has 0 aliphatic heterocycles. The Morgan fingerprint density at radius 3 is 2.78 bits per heavy atom. The van der Waals surface area contributed by atoms with E-state index in [1.807, 2.05) is 4.98 Å². The topological polar surface area (TPSA) is 67.8 Å². The fraction of sp³-hybridized carbons (Fsp3) is 0.250. The Labute approximate surface area is 50.0 Å². The van der Waals surface area contributed by atoms with Crippen molar-refractivity contribution < 1.29 is 0 Å². The summed E-state index contributed by atoms with van der Waals surface area (Å²) in [6.07, 6.45) is 1.17. The SMILES string of the molecule is Cn1cnc(=O)[nH]c1=O. The van der Waals surface area contributed by atoms with Crippen molar-refractivity contribution in [2.75, 3.05) is 0 Å². The Bertz CT molecular complexity index is 310. The van der Waals surface area contributed by atoms with Gasteiger partial charge < -0.3 is 0 Å². The largest absolute Gasteiger partial charge is 0.350 e. The van der Waals surface area contributed by atoms with Crippen molar-refractivity contribution in [3.8, 4) is 0 Å². The molecule has 1 aromatic rings. The van der Waals surface area contributed by atoms with Gasteiger partial charge in [0.15, 0.2) is 0 Å². The van der Waals surface area contributed by atoms with Crippen LogP contribution in [0, 0.1) is 0 Å². The molecule has 1 rings (SSSR count). The normalized spacial score (nSPS) is 9.44. The monoisotopic (exact) mass is 127 g/mol. The maximum Gasteiger partial charge on any atom is 0.350 e. The maximum atomic E-state index is 10.5. The van der Waals surface area contributed by atoms with Crippen molar-refractivity contribution >= 4 is 0 Å². The summed E-state index contributed by atoms with van der Waals surface area (Å²) in [5, 5.41) is 0. The predicted octanol–water partition coefficient (Wildman–Crippen LogP) is -1.53. The molecule has 1 aromatic heterocycles. The lowest BCUT2D eigenvalue weighted by Gasteiger charge is -1.88. The van der Waals surface area contributed by atoms with Gasteiger partial charge in [-0.1, -0.05) is 0 Å². The molecule has 0 atom stereocenters. The summed E-state index contributed by atoms with van der Waals surface area (Å²) in [5.41, 5.74) is -1.06. The highest BCUT2D eigenvalue weighted by Gasteiger charge is 1.86. The maximum absolute atomic E-state index is 10.5. The predicted molar refractivity (Wildman–Crippen MR) is 30.1 cm³/mol. The van der Waals surface area contributed by atoms with E-state index in [1.165, 1.54) is 17.9 Å². The number of nitrogens with one attached hydrogen (secondary N) is 1. The van der Waals surface area contributed by atoms with E-state index in [1.54, 1.807) is 0 Å². The van der Waals surface area contributed by atoms with Gasteiger partial charge in [-0.2, -0.15) is 4.98 Å². The van der Waals surface area contributed by atoms with E-state index in [-0.39, 0.29) is 0 Å². The van der Waals surface area contributed by atoms with Gasteiger partial charge in [0.05, 0.1) is 0 Å². The van der Waals surface area contributed by atoms with E-state index in [2.05, 4.69) is 4.98 Å². The molecule has 0 amide bonds. The molecule has 5 nitrogen and oxygen atoms in total. The fourth-order valence-corrected chi connectivity index (χ4v) is 0.403. The molecule has 0 fully saturated rings. The van der Waals surface area contributed by atoms with E-state index in [4.69, 9.17) is 0 Å². The van der Waals surface area contributed by atoms with E-state index in [0.29, 0.717) is 0 Å². The van der Waals surface area contributed by atoms with E-state index < -0.39 is 11.4 Å². The second kappa shape index (κ2) is 1.85. The summed E-state index contributed by atoms with van der Waals surface area (Å²) in [7, 11) is 1.51. The number of aromatic nitrogens is 3. The first-order chi connectivity index (χ1) is 4.20. The molecule has 0 spiro atoms. The van der Waals surface area contributed by atoms with Crippen molar-refractivity contribution in [3.05, 3.63) is 27.3 Å². The van der Waals surface area contributed by atoms with Crippen molar-refractivity contribution in [1.82, 2.24) is 14.5 Å². The van der Waals surface area contributed by atoms with Gasteiger partial charge in [-0.05, 0) is 0 Å². The van der Waals surface area contributed by atoms with Crippen molar-refractivity contribution in [3.63, 3.8) is 0 Å². The van der Waals surface area contributed by atoms with Crippen LogP contribution in [-0.2, 0) is 7.05 Å². The molecule has 48 valence electrons. The summed E-state index contributed by atoms with van der Waals surface area (Å²) in [5.74, 6) is 0. The zero-order chi connectivity index (χ0) is 6.85. The molecule has 0 saturated heterocycles. The molecule has 9 heavy (non-hydrogen) atoms. The van der Waals surface area contributed by atoms with Crippen LogP contribution >= 0.6 is 0 Å². The standard InChI is InChI=1S/C4H5N3O2/c1-7-2-5-3(8)6-4(7)9/h2H,1H3,(H,6,8,9). The Balaban J connectivity index is 3.52. The molecule has 0 unspecified atom stereocenters. The summed E-state index contributed by atoms with van der Waals surface area (Å²) < 4.78 is 1.18. The fourth-order valence-electron chi connectivity index (χ4n) is 0.403. The van der Waals surface area contributed by atoms with E-state index >= 15 is 0 Å². The zero-order valence-electron chi connectivity index (χ0n) is 4.79. The van der Waals surface area contributed by atoms with Crippen LogP contribution in [0.25, 0.3) is 0 Å². The molecule has 0 bridgehead atoms. The molecule has 1 N–H and O–H groups in total. The average Bonchev–Trinajstić information content (AvgIpc) is 1.80. The molecule has 0 aliphatic carbocycles. The van der Waals surface area contributed by atoms with Crippen LogP contribution < -0.4 is 11.4 Å². The van der Waals surface area contributed by atoms with Crippen LogP contribution in [0.1, 0.15) is 0 Å². The summed E-state index contributed by atoms with van der Waals surface area (Å²) in [6, 6.07) is 0. The van der Waals surface area contributed by atoms with Crippen LogP contribution in [0.2, 0.25) is 0 Å². The molecule has 5 heteroatoms. The van der Waals surface area contributed by atoms with Gasteiger partial charge >= 0.3 is 11.4 Å². The third kappa shape index (κ3) is 1.04. The van der Waals surface area contributed by atoms with Gasteiger partial charge in [0.2, 0.25) is 0 Å². The lowest BCUT2D eigenvalue weighted by Crippen LogP contribution is -2.29. The number of rotatable bonds is 0. The number of aryl methyl sites for hydroxylation is 1. The lowest BCUT2D eigenvalue weighted by molar-refractivity contribution is 0.751. The highest BCUT2D eigenvalue weighted by molar-refractivity contribution is 4.63. The van der Waals surface area contributed by atoms with Gasteiger partial charge in [0.25, 0.3) is 0 Å². The van der Waals surface area contributed by atoms with Crippen LogP contribution in [0.4, 0.5) is 0 Å². The minimum absolute atomic E-state index is 0.449. The summed E-state index contributed by atoms with van der Waals surface area (Å²) in [4.78, 5) is 26.0. The van der Waals surface area contributed by atoms with Crippen molar-refractivity contribution in [2.24, 2.45) is 7.05 Å². The molecule has 1 heterocycles. The smallest absolute Gasteiger partial charge is 0.287 e.